The Morgan fingerprint density at radius 2 is 0.790 bits per heavy atom. The van der Waals surface area contributed by atoms with Crippen LogP contribution in [0.5, 0.6) is 0 Å². The highest BCUT2D eigenvalue weighted by molar-refractivity contribution is 7.45. The fraction of sp³-hybridized carbons (Fsp3) is 0.718. The standard InChI is InChI=1S/C71H125N2O7P/c1-7-10-13-16-19-22-25-27-29-31-33-34-35-36-37-38-40-41-43-45-48-51-54-57-60-63-70(74)72-68(67-79-81(76,77)78-66-65-73(4,5)6)69(62-59-56-53-50-47-24-21-18-15-12-9-3)80-71(75)64-61-58-55-52-49-46-44-42-39-32-30-28-26-23-20-17-14-11-8-2/h11,14,19-20,22-23,27-30,33-34,39,42,46,49,59,62,68-69H,7-10,12-13,15-18,21,24-26,31-32,35-38,40-41,43-45,47-48,50-58,60-61,63-67H2,1-6H3,(H-,72,74,76,77)/b14-11-,22-19-,23-20-,29-27-,30-28-,34-33-,42-39-,49-46-,62-59-. The van der Waals surface area contributed by atoms with Gasteiger partial charge in [-0.3, -0.25) is 14.2 Å². The fourth-order valence-electron chi connectivity index (χ4n) is 9.08. The number of unbranched alkanes of at least 4 members (excludes halogenated alkanes) is 27. The third-order valence-corrected chi connectivity index (χ3v) is 15.2. The summed E-state index contributed by atoms with van der Waals surface area (Å²) >= 11 is 0. The SMILES string of the molecule is CC/C=C\C/C=C\C/C=C\C/C=C\C/C=C\CCCCCC(=O)OC(/C=C\CCCCCCCCCCC)C(COP(=O)([O-])OCC[N+](C)(C)C)NC(=O)CCCCCCCCCCCCCC/C=C\C/C=C\C/C=C\CCCCC. The van der Waals surface area contributed by atoms with E-state index < -0.39 is 26.6 Å². The summed E-state index contributed by atoms with van der Waals surface area (Å²) in [7, 11) is 1.15. The third kappa shape index (κ3) is 61.1. The number of phosphoric acid groups is 1. The number of esters is 1. The molecule has 0 aromatic carbocycles. The third-order valence-electron chi connectivity index (χ3n) is 14.2. The summed E-state index contributed by atoms with van der Waals surface area (Å²) in [6.45, 7) is 6.67. The number of hydrogen-bond acceptors (Lipinski definition) is 7. The topological polar surface area (TPSA) is 114 Å². The number of ether oxygens (including phenoxy) is 1. The van der Waals surface area contributed by atoms with Crippen molar-refractivity contribution in [1.82, 2.24) is 5.32 Å². The maximum atomic E-state index is 13.6. The number of phosphoric ester groups is 1. The molecule has 0 rings (SSSR count). The number of nitrogens with one attached hydrogen (secondary N) is 1. The molecule has 0 aromatic heterocycles. The average Bonchev–Trinajstić information content (AvgIpc) is 3.44. The van der Waals surface area contributed by atoms with Crippen LogP contribution in [0.2, 0.25) is 0 Å². The van der Waals surface area contributed by atoms with E-state index in [-0.39, 0.29) is 24.9 Å². The van der Waals surface area contributed by atoms with Crippen LogP contribution in [0.15, 0.2) is 109 Å². The number of likely N-dealkylation sites (N-methyl/N-ethyl adjacent to an activating group) is 1. The molecule has 466 valence electrons. The van der Waals surface area contributed by atoms with Crippen molar-refractivity contribution < 1.29 is 37.3 Å². The molecule has 0 aliphatic carbocycles. The number of rotatable bonds is 59. The summed E-state index contributed by atoms with van der Waals surface area (Å²) in [4.78, 5) is 40.1. The van der Waals surface area contributed by atoms with E-state index in [4.69, 9.17) is 13.8 Å². The zero-order chi connectivity index (χ0) is 59.3. The zero-order valence-electron chi connectivity index (χ0n) is 53.2. The number of nitrogens with zero attached hydrogens (tertiary/aromatic N) is 1. The van der Waals surface area contributed by atoms with Gasteiger partial charge >= 0.3 is 5.97 Å². The molecule has 0 heterocycles. The molecule has 0 saturated heterocycles. The highest BCUT2D eigenvalue weighted by atomic mass is 31.2. The van der Waals surface area contributed by atoms with Gasteiger partial charge in [0.15, 0.2) is 0 Å². The van der Waals surface area contributed by atoms with Crippen LogP contribution in [0, 0.1) is 0 Å². The Kier molecular flexibility index (Phi) is 57.4. The lowest BCUT2D eigenvalue weighted by Gasteiger charge is -2.30. The Morgan fingerprint density at radius 3 is 1.22 bits per heavy atom. The zero-order valence-corrected chi connectivity index (χ0v) is 54.1. The van der Waals surface area contributed by atoms with Crippen LogP contribution in [0.25, 0.3) is 0 Å². The van der Waals surface area contributed by atoms with Crippen LogP contribution in [0.1, 0.15) is 278 Å². The van der Waals surface area contributed by atoms with Gasteiger partial charge < -0.3 is 28.5 Å². The van der Waals surface area contributed by atoms with Gasteiger partial charge in [-0.1, -0.05) is 259 Å². The second-order valence-electron chi connectivity index (χ2n) is 23.2. The van der Waals surface area contributed by atoms with Gasteiger partial charge in [0.25, 0.3) is 7.82 Å². The lowest BCUT2D eigenvalue weighted by atomic mass is 10.0. The lowest BCUT2D eigenvalue weighted by Crippen LogP contribution is -2.47. The fourth-order valence-corrected chi connectivity index (χ4v) is 9.81. The summed E-state index contributed by atoms with van der Waals surface area (Å²) in [5.41, 5.74) is 0. The van der Waals surface area contributed by atoms with Crippen LogP contribution in [-0.4, -0.2) is 69.4 Å². The van der Waals surface area contributed by atoms with Crippen LogP contribution in [0.3, 0.4) is 0 Å². The first-order chi connectivity index (χ1) is 39.4. The highest BCUT2D eigenvalue weighted by Gasteiger charge is 2.27. The van der Waals surface area contributed by atoms with Crippen LogP contribution in [0.4, 0.5) is 0 Å². The van der Waals surface area contributed by atoms with E-state index in [9.17, 15) is 19.0 Å². The first-order valence-electron chi connectivity index (χ1n) is 33.2. The molecule has 0 saturated carbocycles. The van der Waals surface area contributed by atoms with E-state index in [1.165, 1.54) is 128 Å². The smallest absolute Gasteiger partial charge is 0.306 e. The largest absolute Gasteiger partial charge is 0.756 e. The summed E-state index contributed by atoms with van der Waals surface area (Å²) in [5.74, 6) is -0.583. The molecule has 1 amide bonds. The molecule has 0 spiro atoms. The Hall–Kier alpha value is -3.33. The Morgan fingerprint density at radius 1 is 0.444 bits per heavy atom. The molecule has 3 unspecified atom stereocenters. The van der Waals surface area contributed by atoms with Gasteiger partial charge in [-0.2, -0.15) is 0 Å². The van der Waals surface area contributed by atoms with Gasteiger partial charge in [0.05, 0.1) is 33.8 Å². The van der Waals surface area contributed by atoms with Crippen molar-refractivity contribution in [2.75, 3.05) is 40.9 Å². The highest BCUT2D eigenvalue weighted by Crippen LogP contribution is 2.38. The van der Waals surface area contributed by atoms with E-state index in [1.807, 2.05) is 33.3 Å². The molecular formula is C71H125N2O7P. The minimum absolute atomic E-state index is 0.0331. The van der Waals surface area contributed by atoms with Crippen LogP contribution in [-0.2, 0) is 27.9 Å². The van der Waals surface area contributed by atoms with Crippen molar-refractivity contribution in [3.63, 3.8) is 0 Å². The summed E-state index contributed by atoms with van der Waals surface area (Å²) < 4.78 is 30.3. The average molecular weight is 1150 g/mol. The van der Waals surface area contributed by atoms with Crippen molar-refractivity contribution in [2.24, 2.45) is 0 Å². The van der Waals surface area contributed by atoms with E-state index in [1.54, 1.807) is 0 Å². The monoisotopic (exact) mass is 1150 g/mol. The van der Waals surface area contributed by atoms with E-state index in [0.717, 1.165) is 109 Å². The predicted molar refractivity (Wildman–Crippen MR) is 348 cm³/mol. The number of quaternary nitrogens is 1. The van der Waals surface area contributed by atoms with Crippen LogP contribution >= 0.6 is 7.82 Å². The van der Waals surface area contributed by atoms with Crippen molar-refractivity contribution in [1.29, 1.82) is 0 Å². The molecule has 1 N–H and O–H groups in total. The number of hydrogen-bond donors (Lipinski definition) is 1. The molecule has 10 heteroatoms. The normalized spacial score (nSPS) is 14.3. The molecule has 9 nitrogen and oxygen atoms in total. The Balaban J connectivity index is 5.15. The van der Waals surface area contributed by atoms with E-state index >= 15 is 0 Å². The summed E-state index contributed by atoms with van der Waals surface area (Å²) in [5, 5.41) is 3.02. The predicted octanol–water partition coefficient (Wildman–Crippen LogP) is 20.3. The van der Waals surface area contributed by atoms with Gasteiger partial charge in [0, 0.05) is 12.8 Å². The molecule has 81 heavy (non-hydrogen) atoms. The first-order valence-corrected chi connectivity index (χ1v) is 34.7. The second kappa shape index (κ2) is 59.8. The van der Waals surface area contributed by atoms with Crippen molar-refractivity contribution in [3.8, 4) is 0 Å². The maximum Gasteiger partial charge on any atom is 0.306 e. The van der Waals surface area contributed by atoms with Crippen molar-refractivity contribution in [2.45, 2.75) is 290 Å². The molecule has 0 aromatic rings. The number of carbonyl (C=O) groups excluding carboxylic acids is 2. The maximum absolute atomic E-state index is 13.6. The van der Waals surface area contributed by atoms with Gasteiger partial charge in [-0.25, -0.2) is 0 Å². The number of allylic oxidation sites excluding steroid dienone is 17. The summed E-state index contributed by atoms with van der Waals surface area (Å²) in [6, 6.07) is -0.910. The Labute approximate surface area is 500 Å². The molecular weight excluding hydrogens is 1020 g/mol. The molecule has 0 aliphatic heterocycles. The summed E-state index contributed by atoms with van der Waals surface area (Å²) in [6.07, 6.45) is 82.1. The number of carbonyl (C=O) groups is 2. The van der Waals surface area contributed by atoms with E-state index in [0.29, 0.717) is 23.9 Å². The van der Waals surface area contributed by atoms with Gasteiger partial charge in [0.1, 0.15) is 19.3 Å². The van der Waals surface area contributed by atoms with Gasteiger partial charge in [-0.15, -0.1) is 0 Å². The second-order valence-corrected chi connectivity index (χ2v) is 24.6. The number of amides is 1. The molecule has 3 atom stereocenters. The Bertz CT molecular complexity index is 1750. The first kappa shape index (κ1) is 77.7. The lowest BCUT2D eigenvalue weighted by molar-refractivity contribution is -0.870. The van der Waals surface area contributed by atoms with E-state index in [2.05, 4.69) is 123 Å². The van der Waals surface area contributed by atoms with Crippen LogP contribution < -0.4 is 10.2 Å². The van der Waals surface area contributed by atoms with Crippen molar-refractivity contribution >= 4 is 19.7 Å². The van der Waals surface area contributed by atoms with Gasteiger partial charge in [0.2, 0.25) is 5.91 Å². The quantitative estimate of drug-likeness (QED) is 0.0212. The molecule has 0 radical (unpaired) electrons. The molecule has 0 aliphatic rings. The molecule has 0 fully saturated rings. The minimum Gasteiger partial charge on any atom is -0.756 e. The minimum atomic E-state index is -4.71. The molecule has 0 bridgehead atoms. The van der Waals surface area contributed by atoms with Crippen molar-refractivity contribution in [3.05, 3.63) is 109 Å². The van der Waals surface area contributed by atoms with Gasteiger partial charge in [-0.05, 0) is 115 Å².